The van der Waals surface area contributed by atoms with E-state index in [1.54, 1.807) is 24.4 Å². The molecule has 4 rings (SSSR count). The van der Waals surface area contributed by atoms with Crippen LogP contribution in [-0.2, 0) is 16.1 Å². The normalized spacial score (nSPS) is 10.8. The summed E-state index contributed by atoms with van der Waals surface area (Å²) in [5.41, 5.74) is 2.83. The standard InChI is InChI=1S/C22H19N3O6S/c1-3-29-21(27)18-15(14-8-6-13(2)7-9-14)12-32-20(18)23-17(26)11-25-22(28)31-19(24-25)16-5-4-10-30-16/h4-10,12H,3,11H2,1-2H3,(H,23,26). The van der Waals surface area contributed by atoms with E-state index < -0.39 is 24.2 Å². The number of carbonyl (C=O) groups is 2. The van der Waals surface area contributed by atoms with Gasteiger partial charge in [0, 0.05) is 10.9 Å². The molecule has 0 aliphatic carbocycles. The topological polar surface area (TPSA) is 117 Å². The maximum absolute atomic E-state index is 12.7. The molecular formula is C22H19N3O6S. The summed E-state index contributed by atoms with van der Waals surface area (Å²) in [6.07, 6.45) is 1.42. The largest absolute Gasteiger partial charge is 0.462 e. The molecule has 1 N–H and O–H groups in total. The third-order valence-electron chi connectivity index (χ3n) is 4.52. The van der Waals surface area contributed by atoms with Crippen molar-refractivity contribution < 1.29 is 23.2 Å². The van der Waals surface area contributed by atoms with Crippen LogP contribution in [0, 0.1) is 6.92 Å². The third-order valence-corrected chi connectivity index (χ3v) is 5.41. The average molecular weight is 453 g/mol. The van der Waals surface area contributed by atoms with Crippen molar-refractivity contribution in [2.75, 3.05) is 11.9 Å². The molecule has 0 spiro atoms. The molecule has 10 heteroatoms. The molecule has 0 fully saturated rings. The van der Waals surface area contributed by atoms with E-state index in [1.807, 2.05) is 31.2 Å². The molecule has 9 nitrogen and oxygen atoms in total. The van der Waals surface area contributed by atoms with Crippen molar-refractivity contribution in [1.29, 1.82) is 0 Å². The molecule has 0 atom stereocenters. The zero-order chi connectivity index (χ0) is 22.7. The SMILES string of the molecule is CCOC(=O)c1c(-c2ccc(C)cc2)csc1NC(=O)Cn1nc(-c2ccco2)oc1=O. The highest BCUT2D eigenvalue weighted by molar-refractivity contribution is 7.15. The Morgan fingerprint density at radius 3 is 2.69 bits per heavy atom. The monoisotopic (exact) mass is 453 g/mol. The Morgan fingerprint density at radius 2 is 2.00 bits per heavy atom. The van der Waals surface area contributed by atoms with Gasteiger partial charge in [-0.1, -0.05) is 29.8 Å². The number of carbonyl (C=O) groups excluding carboxylic acids is 2. The molecule has 3 aromatic heterocycles. The first-order chi connectivity index (χ1) is 15.5. The van der Waals surface area contributed by atoms with Gasteiger partial charge >= 0.3 is 11.7 Å². The van der Waals surface area contributed by atoms with Gasteiger partial charge in [-0.3, -0.25) is 4.79 Å². The molecule has 0 saturated heterocycles. The maximum Gasteiger partial charge on any atom is 0.437 e. The molecule has 0 aliphatic heterocycles. The lowest BCUT2D eigenvalue weighted by Gasteiger charge is -2.09. The van der Waals surface area contributed by atoms with Gasteiger partial charge in [-0.05, 0) is 31.5 Å². The summed E-state index contributed by atoms with van der Waals surface area (Å²) < 4.78 is 16.3. The zero-order valence-corrected chi connectivity index (χ0v) is 18.1. The van der Waals surface area contributed by atoms with Crippen LogP contribution < -0.4 is 11.1 Å². The predicted molar refractivity (Wildman–Crippen MR) is 118 cm³/mol. The van der Waals surface area contributed by atoms with Gasteiger partial charge in [-0.15, -0.1) is 16.4 Å². The van der Waals surface area contributed by atoms with Gasteiger partial charge in [0.1, 0.15) is 17.1 Å². The van der Waals surface area contributed by atoms with Gasteiger partial charge in [-0.25, -0.2) is 9.59 Å². The van der Waals surface area contributed by atoms with Crippen molar-refractivity contribution in [3.05, 3.63) is 69.7 Å². The van der Waals surface area contributed by atoms with Crippen LogP contribution in [0.3, 0.4) is 0 Å². The van der Waals surface area contributed by atoms with Gasteiger partial charge < -0.3 is 18.9 Å². The number of amides is 1. The Morgan fingerprint density at radius 1 is 1.22 bits per heavy atom. The van der Waals surface area contributed by atoms with E-state index in [9.17, 15) is 14.4 Å². The number of aromatic nitrogens is 2. The fourth-order valence-electron chi connectivity index (χ4n) is 3.01. The maximum atomic E-state index is 12.7. The fourth-order valence-corrected chi connectivity index (χ4v) is 3.98. The van der Waals surface area contributed by atoms with Gasteiger partial charge in [0.15, 0.2) is 5.76 Å². The predicted octanol–water partition coefficient (Wildman–Crippen LogP) is 3.95. The van der Waals surface area contributed by atoms with Crippen LogP contribution in [-0.4, -0.2) is 28.3 Å². The highest BCUT2D eigenvalue weighted by atomic mass is 32.1. The Balaban J connectivity index is 1.58. The minimum atomic E-state index is -0.802. The number of hydrogen-bond acceptors (Lipinski definition) is 8. The van der Waals surface area contributed by atoms with Gasteiger partial charge in [0.2, 0.25) is 5.91 Å². The summed E-state index contributed by atoms with van der Waals surface area (Å²) in [7, 11) is 0. The van der Waals surface area contributed by atoms with Crippen LogP contribution in [0.2, 0.25) is 0 Å². The van der Waals surface area contributed by atoms with E-state index in [0.29, 0.717) is 10.6 Å². The molecule has 0 unspecified atom stereocenters. The van der Waals surface area contributed by atoms with Gasteiger partial charge in [0.05, 0.1) is 12.9 Å². The highest BCUT2D eigenvalue weighted by Crippen LogP contribution is 2.36. The molecule has 4 aromatic rings. The molecule has 3 heterocycles. The highest BCUT2D eigenvalue weighted by Gasteiger charge is 2.23. The Hall–Kier alpha value is -3.92. The number of nitrogens with one attached hydrogen (secondary N) is 1. The van der Waals surface area contributed by atoms with Crippen molar-refractivity contribution in [2.24, 2.45) is 0 Å². The first-order valence-electron chi connectivity index (χ1n) is 9.73. The summed E-state index contributed by atoms with van der Waals surface area (Å²) in [5.74, 6) is -1.65. The van der Waals surface area contributed by atoms with Crippen LogP contribution >= 0.6 is 11.3 Å². The first-order valence-corrected chi connectivity index (χ1v) is 10.6. The first kappa shape index (κ1) is 21.3. The van der Waals surface area contributed by atoms with Crippen LogP contribution in [0.4, 0.5) is 5.00 Å². The second-order valence-electron chi connectivity index (χ2n) is 6.80. The molecule has 0 bridgehead atoms. The summed E-state index contributed by atoms with van der Waals surface area (Å²) in [6, 6.07) is 10.9. The van der Waals surface area contributed by atoms with Crippen LogP contribution in [0.5, 0.6) is 0 Å². The van der Waals surface area contributed by atoms with Crippen LogP contribution in [0.1, 0.15) is 22.8 Å². The second kappa shape index (κ2) is 9.06. The number of aryl methyl sites for hydroxylation is 1. The number of furan rings is 1. The van der Waals surface area contributed by atoms with Crippen molar-refractivity contribution >= 4 is 28.2 Å². The van der Waals surface area contributed by atoms with E-state index in [2.05, 4.69) is 10.4 Å². The van der Waals surface area contributed by atoms with E-state index in [1.165, 1.54) is 17.6 Å². The average Bonchev–Trinajstić information content (AvgIpc) is 3.50. The van der Waals surface area contributed by atoms with E-state index in [4.69, 9.17) is 13.6 Å². The quantitative estimate of drug-likeness (QED) is 0.421. The van der Waals surface area contributed by atoms with Crippen molar-refractivity contribution in [3.8, 4) is 22.8 Å². The molecule has 0 saturated carbocycles. The number of benzene rings is 1. The molecular weight excluding hydrogens is 434 g/mol. The Kier molecular flexibility index (Phi) is 6.04. The van der Waals surface area contributed by atoms with E-state index >= 15 is 0 Å². The lowest BCUT2D eigenvalue weighted by atomic mass is 10.0. The number of ether oxygens (including phenoxy) is 1. The lowest BCUT2D eigenvalue weighted by Crippen LogP contribution is -2.26. The molecule has 0 radical (unpaired) electrons. The smallest absolute Gasteiger partial charge is 0.437 e. The van der Waals surface area contributed by atoms with Crippen molar-refractivity contribution in [1.82, 2.24) is 9.78 Å². The number of esters is 1. The third kappa shape index (κ3) is 4.40. The summed E-state index contributed by atoms with van der Waals surface area (Å²) in [6.45, 7) is 3.47. The lowest BCUT2D eigenvalue weighted by molar-refractivity contribution is -0.117. The minimum Gasteiger partial charge on any atom is -0.462 e. The molecule has 0 aliphatic rings. The molecule has 1 aromatic carbocycles. The summed E-state index contributed by atoms with van der Waals surface area (Å²) >= 11 is 1.20. The Labute approximate surface area is 186 Å². The van der Waals surface area contributed by atoms with E-state index in [-0.39, 0.29) is 23.8 Å². The van der Waals surface area contributed by atoms with Crippen LogP contribution in [0.15, 0.2) is 61.7 Å². The van der Waals surface area contributed by atoms with Gasteiger partial charge in [-0.2, -0.15) is 4.68 Å². The van der Waals surface area contributed by atoms with E-state index in [0.717, 1.165) is 15.8 Å². The molecule has 1 amide bonds. The van der Waals surface area contributed by atoms with Crippen LogP contribution in [0.25, 0.3) is 22.8 Å². The number of nitrogens with zero attached hydrogens (tertiary/aromatic N) is 2. The second-order valence-corrected chi connectivity index (χ2v) is 7.68. The number of hydrogen-bond donors (Lipinski definition) is 1. The number of rotatable bonds is 7. The Bertz CT molecular complexity index is 1300. The molecule has 32 heavy (non-hydrogen) atoms. The fraction of sp³-hybridized carbons (Fsp3) is 0.182. The summed E-state index contributed by atoms with van der Waals surface area (Å²) in [5, 5.41) is 8.77. The van der Waals surface area contributed by atoms with Crippen molar-refractivity contribution in [3.63, 3.8) is 0 Å². The number of anilines is 1. The minimum absolute atomic E-state index is 0.0298. The number of thiophene rings is 1. The van der Waals surface area contributed by atoms with Gasteiger partial charge in [0.25, 0.3) is 5.89 Å². The molecule has 164 valence electrons. The zero-order valence-electron chi connectivity index (χ0n) is 17.3. The van der Waals surface area contributed by atoms with Crippen molar-refractivity contribution in [2.45, 2.75) is 20.4 Å². The summed E-state index contributed by atoms with van der Waals surface area (Å²) in [4.78, 5) is 37.3.